The van der Waals surface area contributed by atoms with E-state index in [1.165, 1.54) is 4.63 Å². The minimum Gasteiger partial charge on any atom is -0.377 e. The van der Waals surface area contributed by atoms with E-state index in [4.69, 9.17) is 10.5 Å². The summed E-state index contributed by atoms with van der Waals surface area (Å²) in [5, 5.41) is 15.6. The van der Waals surface area contributed by atoms with Crippen LogP contribution in [0.4, 0.5) is 5.82 Å². The lowest BCUT2D eigenvalue weighted by molar-refractivity contribution is 0.0421. The van der Waals surface area contributed by atoms with Gasteiger partial charge in [0.2, 0.25) is 0 Å². The Hall–Kier alpha value is -1.80. The number of hydrogen-bond acceptors (Lipinski definition) is 7. The van der Waals surface area contributed by atoms with Crippen molar-refractivity contribution in [3.63, 3.8) is 0 Å². The fourth-order valence-electron chi connectivity index (χ4n) is 2.30. The topological polar surface area (TPSA) is 94.5 Å². The quantitative estimate of drug-likeness (QED) is 0.791. The first kappa shape index (κ1) is 12.2. The Morgan fingerprint density at radius 1 is 1.32 bits per heavy atom. The third kappa shape index (κ3) is 2.64. The number of piperidine rings is 1. The van der Waals surface area contributed by atoms with Crippen molar-refractivity contribution in [3.05, 3.63) is 12.1 Å². The molecule has 102 valence electrons. The highest BCUT2D eigenvalue weighted by Gasteiger charge is 2.20. The third-order valence-corrected chi connectivity index (χ3v) is 3.29. The van der Waals surface area contributed by atoms with Crippen molar-refractivity contribution in [1.29, 1.82) is 0 Å². The molecule has 1 saturated heterocycles. The lowest BCUT2D eigenvalue weighted by atomic mass is 10.1. The molecule has 0 bridgehead atoms. The number of ether oxygens (including phenoxy) is 1. The van der Waals surface area contributed by atoms with E-state index in [1.807, 2.05) is 12.1 Å². The van der Waals surface area contributed by atoms with Crippen LogP contribution in [0, 0.1) is 0 Å². The number of tetrazole rings is 1. The van der Waals surface area contributed by atoms with Gasteiger partial charge >= 0.3 is 0 Å². The number of nitrogens with zero attached hydrogens (tertiary/aromatic N) is 6. The standard InChI is InChI=1S/C11H17N7O/c12-5-8-19-9-3-6-17(7-4-9)11-2-1-10-13-15-16-18(10)14-11/h1-2,9H,3-8,12H2. The average Bonchev–Trinajstić information content (AvgIpc) is 2.93. The summed E-state index contributed by atoms with van der Waals surface area (Å²) >= 11 is 0. The van der Waals surface area contributed by atoms with Crippen LogP contribution >= 0.6 is 0 Å². The number of rotatable bonds is 4. The van der Waals surface area contributed by atoms with Crippen LogP contribution in [0.3, 0.4) is 0 Å². The molecule has 0 atom stereocenters. The van der Waals surface area contributed by atoms with E-state index >= 15 is 0 Å². The van der Waals surface area contributed by atoms with Gasteiger partial charge in [0.1, 0.15) is 0 Å². The zero-order valence-electron chi connectivity index (χ0n) is 10.6. The second-order valence-corrected chi connectivity index (χ2v) is 4.56. The van der Waals surface area contributed by atoms with Gasteiger partial charge in [-0.3, -0.25) is 0 Å². The highest BCUT2D eigenvalue weighted by molar-refractivity contribution is 5.44. The highest BCUT2D eigenvalue weighted by atomic mass is 16.5. The molecule has 8 heteroatoms. The van der Waals surface area contributed by atoms with Crippen LogP contribution in [-0.4, -0.2) is 57.6 Å². The normalized spacial score (nSPS) is 17.2. The monoisotopic (exact) mass is 263 g/mol. The Morgan fingerprint density at radius 2 is 2.16 bits per heavy atom. The molecule has 0 unspecified atom stereocenters. The molecule has 1 aliphatic rings. The summed E-state index contributed by atoms with van der Waals surface area (Å²) in [4.78, 5) is 2.23. The molecule has 2 N–H and O–H groups in total. The molecule has 19 heavy (non-hydrogen) atoms. The molecule has 2 aromatic heterocycles. The zero-order chi connectivity index (χ0) is 13.1. The first-order valence-electron chi connectivity index (χ1n) is 6.49. The lowest BCUT2D eigenvalue weighted by Crippen LogP contribution is -2.38. The molecule has 0 radical (unpaired) electrons. The van der Waals surface area contributed by atoms with Crippen molar-refractivity contribution >= 4 is 11.5 Å². The van der Waals surface area contributed by atoms with E-state index in [9.17, 15) is 0 Å². The van der Waals surface area contributed by atoms with Crippen LogP contribution in [0.2, 0.25) is 0 Å². The fourth-order valence-corrected chi connectivity index (χ4v) is 2.30. The number of nitrogens with two attached hydrogens (primary N) is 1. The van der Waals surface area contributed by atoms with Gasteiger partial charge in [0.15, 0.2) is 11.5 Å². The van der Waals surface area contributed by atoms with E-state index in [0.717, 1.165) is 31.7 Å². The van der Waals surface area contributed by atoms with Gasteiger partial charge in [0, 0.05) is 19.6 Å². The first-order chi connectivity index (χ1) is 9.36. The number of hydrogen-bond donors (Lipinski definition) is 1. The average molecular weight is 263 g/mol. The summed E-state index contributed by atoms with van der Waals surface area (Å²) in [5.74, 6) is 0.900. The van der Waals surface area contributed by atoms with Gasteiger partial charge in [0.25, 0.3) is 0 Å². The number of aromatic nitrogens is 5. The summed E-state index contributed by atoms with van der Waals surface area (Å²) in [6, 6.07) is 3.83. The second-order valence-electron chi connectivity index (χ2n) is 4.56. The van der Waals surface area contributed by atoms with Crippen molar-refractivity contribution in [2.45, 2.75) is 18.9 Å². The molecule has 2 aromatic rings. The van der Waals surface area contributed by atoms with Gasteiger partial charge in [-0.2, -0.15) is 0 Å². The number of fused-ring (bicyclic) bond motifs is 1. The molecular formula is C11H17N7O. The van der Waals surface area contributed by atoms with Crippen molar-refractivity contribution in [1.82, 2.24) is 25.3 Å². The van der Waals surface area contributed by atoms with E-state index in [0.29, 0.717) is 24.9 Å². The lowest BCUT2D eigenvalue weighted by Gasteiger charge is -2.32. The molecular weight excluding hydrogens is 246 g/mol. The maximum atomic E-state index is 5.66. The fraction of sp³-hybridized carbons (Fsp3) is 0.636. The van der Waals surface area contributed by atoms with Gasteiger partial charge in [-0.1, -0.05) is 0 Å². The molecule has 3 heterocycles. The SMILES string of the molecule is NCCOC1CCN(c2ccc3nnnn3n2)CC1. The maximum Gasteiger partial charge on any atom is 0.200 e. The van der Waals surface area contributed by atoms with Crippen LogP contribution in [0.25, 0.3) is 5.65 Å². The Balaban J connectivity index is 1.64. The molecule has 0 aliphatic carbocycles. The van der Waals surface area contributed by atoms with E-state index in [2.05, 4.69) is 25.5 Å². The smallest absolute Gasteiger partial charge is 0.200 e. The molecule has 3 rings (SSSR count). The number of anilines is 1. The molecule has 1 aliphatic heterocycles. The molecule has 8 nitrogen and oxygen atoms in total. The predicted molar refractivity (Wildman–Crippen MR) is 68.8 cm³/mol. The summed E-state index contributed by atoms with van der Waals surface area (Å²) in [6.45, 7) is 3.07. The van der Waals surface area contributed by atoms with Crippen LogP contribution < -0.4 is 10.6 Å². The largest absolute Gasteiger partial charge is 0.377 e. The molecule has 0 saturated carbocycles. The van der Waals surface area contributed by atoms with E-state index in [1.54, 1.807) is 0 Å². The zero-order valence-corrected chi connectivity index (χ0v) is 10.6. The summed E-state index contributed by atoms with van der Waals surface area (Å²) in [7, 11) is 0. The Bertz CT molecular complexity index is 535. The van der Waals surface area contributed by atoms with Gasteiger partial charge in [-0.25, -0.2) is 0 Å². The summed E-state index contributed by atoms with van der Waals surface area (Å²) in [5.41, 5.74) is 6.10. The summed E-state index contributed by atoms with van der Waals surface area (Å²) < 4.78 is 7.12. The van der Waals surface area contributed by atoms with E-state index < -0.39 is 0 Å². The minimum atomic E-state index is 0.316. The van der Waals surface area contributed by atoms with Crippen LogP contribution in [0.5, 0.6) is 0 Å². The first-order valence-corrected chi connectivity index (χ1v) is 6.49. The Labute approximate surface area is 110 Å². The predicted octanol–water partition coefficient (Wildman–Crippen LogP) is -0.537. The van der Waals surface area contributed by atoms with Crippen LogP contribution in [0.15, 0.2) is 12.1 Å². The molecule has 0 aromatic carbocycles. The van der Waals surface area contributed by atoms with Crippen LogP contribution in [-0.2, 0) is 4.74 Å². The highest BCUT2D eigenvalue weighted by Crippen LogP contribution is 2.19. The van der Waals surface area contributed by atoms with Crippen molar-refractivity contribution in [3.8, 4) is 0 Å². The van der Waals surface area contributed by atoms with Gasteiger partial charge in [0.05, 0.1) is 12.7 Å². The Kier molecular flexibility index (Phi) is 3.51. The van der Waals surface area contributed by atoms with Crippen molar-refractivity contribution < 1.29 is 4.74 Å². The van der Waals surface area contributed by atoms with Gasteiger partial charge < -0.3 is 15.4 Å². The third-order valence-electron chi connectivity index (χ3n) is 3.29. The van der Waals surface area contributed by atoms with Gasteiger partial charge in [-0.05, 0) is 35.4 Å². The molecule has 0 spiro atoms. The maximum absolute atomic E-state index is 5.66. The summed E-state index contributed by atoms with van der Waals surface area (Å²) in [6.07, 6.45) is 2.31. The van der Waals surface area contributed by atoms with Crippen molar-refractivity contribution in [2.24, 2.45) is 5.73 Å². The van der Waals surface area contributed by atoms with Crippen LogP contribution in [0.1, 0.15) is 12.8 Å². The molecule has 0 amide bonds. The van der Waals surface area contributed by atoms with E-state index in [-0.39, 0.29) is 0 Å². The Morgan fingerprint density at radius 3 is 2.95 bits per heavy atom. The van der Waals surface area contributed by atoms with Crippen molar-refractivity contribution in [2.75, 3.05) is 31.1 Å². The van der Waals surface area contributed by atoms with Gasteiger partial charge in [-0.15, -0.1) is 14.8 Å². The minimum absolute atomic E-state index is 0.316. The second kappa shape index (κ2) is 5.45. The molecule has 1 fully saturated rings.